The lowest BCUT2D eigenvalue weighted by atomic mass is 9.81. The van der Waals surface area contributed by atoms with Crippen molar-refractivity contribution in [2.24, 2.45) is 0 Å². The van der Waals surface area contributed by atoms with Gasteiger partial charge in [0.2, 0.25) is 0 Å². The van der Waals surface area contributed by atoms with Crippen LogP contribution in [-0.4, -0.2) is 0 Å². The summed E-state index contributed by atoms with van der Waals surface area (Å²) in [6.45, 7) is 16.6. The zero-order chi connectivity index (χ0) is 15.0. The fourth-order valence-electron chi connectivity index (χ4n) is 2.28. The van der Waals surface area contributed by atoms with Gasteiger partial charge in [-0.3, -0.25) is 0 Å². The summed E-state index contributed by atoms with van der Waals surface area (Å²) in [5.41, 5.74) is 2.62. The Balaban J connectivity index is 2.56. The molecular weight excluding hydrogens is 240 g/mol. The molecule has 0 bridgehead atoms. The molecule has 0 aromatic heterocycles. The molecule has 0 radical (unpaired) electrons. The van der Waals surface area contributed by atoms with E-state index in [9.17, 15) is 0 Å². The Labute approximate surface area is 122 Å². The van der Waals surface area contributed by atoms with E-state index in [1.807, 2.05) is 12.2 Å². The lowest BCUT2D eigenvalue weighted by Gasteiger charge is -2.23. The molecule has 0 heterocycles. The van der Waals surface area contributed by atoms with Crippen molar-refractivity contribution in [2.45, 2.75) is 38.5 Å². The molecule has 104 valence electrons. The van der Waals surface area contributed by atoms with Crippen LogP contribution in [0.3, 0.4) is 0 Å². The molecule has 0 atom stereocenters. The largest absolute Gasteiger partial charge is 0.102 e. The Bertz CT molecular complexity index is 598. The number of rotatable bonds is 4. The van der Waals surface area contributed by atoms with E-state index in [1.54, 1.807) is 0 Å². The topological polar surface area (TPSA) is 0 Å². The predicted molar refractivity (Wildman–Crippen MR) is 90.4 cm³/mol. The summed E-state index contributed by atoms with van der Waals surface area (Å²) in [5.74, 6) is 0. The molecule has 0 N–H and O–H groups in total. The summed E-state index contributed by atoms with van der Waals surface area (Å²) in [5, 5.41) is 2.56. The zero-order valence-electron chi connectivity index (χ0n) is 13.0. The number of allylic oxidation sites excluding steroid dienone is 2. The summed E-state index contributed by atoms with van der Waals surface area (Å²) < 4.78 is 0. The van der Waals surface area contributed by atoms with Crippen molar-refractivity contribution in [1.29, 1.82) is 0 Å². The lowest BCUT2D eigenvalue weighted by molar-refractivity contribution is 0.671. The second-order valence-electron chi connectivity index (χ2n) is 6.63. The maximum absolute atomic E-state index is 3.94. The predicted octanol–water partition coefficient (Wildman–Crippen LogP) is 5.77. The Hall–Kier alpha value is -1.82. The SMILES string of the molecule is C=CC(C)(C)c1ccc2cc(C(C)(C)C=C)ccc2c1. The van der Waals surface area contributed by atoms with E-state index in [0.29, 0.717) is 0 Å². The van der Waals surface area contributed by atoms with Crippen LogP contribution in [0.15, 0.2) is 61.7 Å². The Morgan fingerprint density at radius 2 is 1.05 bits per heavy atom. The van der Waals surface area contributed by atoms with Gasteiger partial charge in [-0.1, -0.05) is 76.2 Å². The van der Waals surface area contributed by atoms with Gasteiger partial charge in [0, 0.05) is 10.8 Å². The monoisotopic (exact) mass is 264 g/mol. The van der Waals surface area contributed by atoms with E-state index in [4.69, 9.17) is 0 Å². The van der Waals surface area contributed by atoms with Crippen LogP contribution in [0.2, 0.25) is 0 Å². The van der Waals surface area contributed by atoms with E-state index >= 15 is 0 Å². The second-order valence-corrected chi connectivity index (χ2v) is 6.63. The first-order valence-corrected chi connectivity index (χ1v) is 7.12. The van der Waals surface area contributed by atoms with Crippen molar-refractivity contribution in [3.8, 4) is 0 Å². The molecule has 0 unspecified atom stereocenters. The average molecular weight is 264 g/mol. The molecule has 2 rings (SSSR count). The van der Waals surface area contributed by atoms with Crippen LogP contribution >= 0.6 is 0 Å². The van der Waals surface area contributed by atoms with Crippen molar-refractivity contribution in [3.63, 3.8) is 0 Å². The highest BCUT2D eigenvalue weighted by molar-refractivity contribution is 5.84. The van der Waals surface area contributed by atoms with Crippen molar-refractivity contribution in [3.05, 3.63) is 72.8 Å². The van der Waals surface area contributed by atoms with Crippen molar-refractivity contribution >= 4 is 10.8 Å². The first-order valence-electron chi connectivity index (χ1n) is 7.12. The summed E-state index contributed by atoms with van der Waals surface area (Å²) in [6.07, 6.45) is 4.01. The summed E-state index contributed by atoms with van der Waals surface area (Å²) in [7, 11) is 0. The van der Waals surface area contributed by atoms with Crippen molar-refractivity contribution in [2.75, 3.05) is 0 Å². The zero-order valence-corrected chi connectivity index (χ0v) is 13.0. The molecule has 2 aromatic carbocycles. The third-order valence-corrected chi connectivity index (χ3v) is 4.35. The van der Waals surface area contributed by atoms with Gasteiger partial charge in [-0.25, -0.2) is 0 Å². The van der Waals surface area contributed by atoms with Crippen LogP contribution < -0.4 is 0 Å². The molecule has 0 nitrogen and oxygen atoms in total. The fourth-order valence-corrected chi connectivity index (χ4v) is 2.28. The first-order chi connectivity index (χ1) is 9.30. The standard InChI is InChI=1S/C20H24/c1-7-19(3,4)17-11-9-16-14-18(20(5,6)8-2)12-10-15(16)13-17/h7-14H,1-2H2,3-6H3. The van der Waals surface area contributed by atoms with Crippen LogP contribution in [0.25, 0.3) is 10.8 Å². The molecule has 0 amide bonds. The molecule has 2 aromatic rings. The number of fused-ring (bicyclic) bond motifs is 1. The van der Waals surface area contributed by atoms with E-state index in [2.05, 4.69) is 77.3 Å². The van der Waals surface area contributed by atoms with Gasteiger partial charge < -0.3 is 0 Å². The molecule has 0 aliphatic carbocycles. The van der Waals surface area contributed by atoms with Gasteiger partial charge >= 0.3 is 0 Å². The molecule has 0 heteroatoms. The van der Waals surface area contributed by atoms with E-state index in [-0.39, 0.29) is 10.8 Å². The van der Waals surface area contributed by atoms with Gasteiger partial charge in [-0.05, 0) is 21.9 Å². The molecular formula is C20H24. The van der Waals surface area contributed by atoms with E-state index < -0.39 is 0 Å². The molecule has 0 saturated heterocycles. The second kappa shape index (κ2) is 4.94. The minimum absolute atomic E-state index is 0.00719. The minimum atomic E-state index is 0.00719. The maximum atomic E-state index is 3.94. The summed E-state index contributed by atoms with van der Waals surface area (Å²) >= 11 is 0. The third kappa shape index (κ3) is 2.56. The third-order valence-electron chi connectivity index (χ3n) is 4.35. The number of hydrogen-bond acceptors (Lipinski definition) is 0. The highest BCUT2D eigenvalue weighted by Crippen LogP contribution is 2.31. The normalized spacial score (nSPS) is 12.4. The van der Waals surface area contributed by atoms with E-state index in [0.717, 1.165) is 0 Å². The number of benzene rings is 2. The molecule has 0 spiro atoms. The molecule has 20 heavy (non-hydrogen) atoms. The van der Waals surface area contributed by atoms with E-state index in [1.165, 1.54) is 21.9 Å². The Morgan fingerprint density at radius 3 is 1.35 bits per heavy atom. The summed E-state index contributed by atoms with van der Waals surface area (Å²) in [4.78, 5) is 0. The van der Waals surface area contributed by atoms with Gasteiger partial charge in [0.15, 0.2) is 0 Å². The van der Waals surface area contributed by atoms with Crippen molar-refractivity contribution in [1.82, 2.24) is 0 Å². The Kier molecular flexibility index (Phi) is 3.60. The highest BCUT2D eigenvalue weighted by atomic mass is 14.2. The molecule has 0 saturated carbocycles. The van der Waals surface area contributed by atoms with Gasteiger partial charge in [-0.2, -0.15) is 0 Å². The van der Waals surface area contributed by atoms with Gasteiger partial charge in [0.1, 0.15) is 0 Å². The minimum Gasteiger partial charge on any atom is -0.102 e. The fraction of sp³-hybridized carbons (Fsp3) is 0.300. The van der Waals surface area contributed by atoms with Crippen LogP contribution in [0.5, 0.6) is 0 Å². The van der Waals surface area contributed by atoms with Crippen molar-refractivity contribution < 1.29 is 0 Å². The highest BCUT2D eigenvalue weighted by Gasteiger charge is 2.18. The smallest absolute Gasteiger partial charge is 0.00729 e. The van der Waals surface area contributed by atoms with Gasteiger partial charge in [-0.15, -0.1) is 13.2 Å². The van der Waals surface area contributed by atoms with Crippen LogP contribution in [0.1, 0.15) is 38.8 Å². The molecule has 0 fully saturated rings. The maximum Gasteiger partial charge on any atom is 0.00729 e. The van der Waals surface area contributed by atoms with Crippen LogP contribution in [0.4, 0.5) is 0 Å². The number of hydrogen-bond donors (Lipinski definition) is 0. The molecule has 0 aliphatic heterocycles. The molecule has 0 aliphatic rings. The van der Waals surface area contributed by atoms with Gasteiger partial charge in [0.25, 0.3) is 0 Å². The van der Waals surface area contributed by atoms with Gasteiger partial charge in [0.05, 0.1) is 0 Å². The average Bonchev–Trinajstić information content (AvgIpc) is 2.46. The Morgan fingerprint density at radius 1 is 0.700 bits per heavy atom. The quantitative estimate of drug-likeness (QED) is 0.615. The lowest BCUT2D eigenvalue weighted by Crippen LogP contribution is -2.13. The first kappa shape index (κ1) is 14.6. The van der Waals surface area contributed by atoms with Crippen LogP contribution in [0, 0.1) is 0 Å². The summed E-state index contributed by atoms with van der Waals surface area (Å²) in [6, 6.07) is 13.4. The van der Waals surface area contributed by atoms with Crippen LogP contribution in [-0.2, 0) is 10.8 Å².